The molecule has 1 amide bonds. The molecule has 0 aromatic rings. The fraction of sp³-hybridized carbons (Fsp3) is 0.800. The fourth-order valence-corrected chi connectivity index (χ4v) is 1.30. The molecule has 0 aromatic heterocycles. The number of nitrogens with one attached hydrogen (secondary N) is 1. The van der Waals surface area contributed by atoms with Gasteiger partial charge >= 0.3 is 6.09 Å². The number of ether oxygens (including phenoxy) is 1. The van der Waals surface area contributed by atoms with Crippen LogP contribution in [0.1, 0.15) is 27.2 Å². The van der Waals surface area contributed by atoms with Crippen LogP contribution in [0.25, 0.3) is 0 Å². The van der Waals surface area contributed by atoms with Gasteiger partial charge in [-0.25, -0.2) is 4.79 Å². The third kappa shape index (κ3) is 11.5. The Labute approximate surface area is 120 Å². The van der Waals surface area contributed by atoms with E-state index in [4.69, 9.17) is 16.2 Å². The average Bonchev–Trinajstić information content (AvgIpc) is 2.13. The Morgan fingerprint density at radius 2 is 2.00 bits per heavy atom. The summed E-state index contributed by atoms with van der Waals surface area (Å²) < 4.78 is 4.80. The predicted molar refractivity (Wildman–Crippen MR) is 79.5 cm³/mol. The summed E-state index contributed by atoms with van der Waals surface area (Å²) in [6, 6.07) is -0.0962. The number of halogens is 1. The van der Waals surface area contributed by atoms with Gasteiger partial charge in [0, 0.05) is 0 Å². The first-order chi connectivity index (χ1) is 7.45. The Balaban J connectivity index is 0. The van der Waals surface area contributed by atoms with Gasteiger partial charge in [-0.1, -0.05) is 13.8 Å². The molecule has 7 heteroatoms. The van der Waals surface area contributed by atoms with Gasteiger partial charge in [0.25, 0.3) is 0 Å². The van der Waals surface area contributed by atoms with Gasteiger partial charge in [-0.3, -0.25) is 4.99 Å². The van der Waals surface area contributed by atoms with E-state index in [1.54, 1.807) is 6.92 Å². The van der Waals surface area contributed by atoms with Crippen molar-refractivity contribution in [2.45, 2.75) is 33.2 Å². The molecule has 6 nitrogen and oxygen atoms in total. The minimum Gasteiger partial charge on any atom is -0.450 e. The fourth-order valence-electron chi connectivity index (χ4n) is 1.30. The van der Waals surface area contributed by atoms with Crippen molar-refractivity contribution < 1.29 is 9.53 Å². The van der Waals surface area contributed by atoms with Crippen LogP contribution in [0.3, 0.4) is 0 Å². The summed E-state index contributed by atoms with van der Waals surface area (Å²) in [6.07, 6.45) is 0.370. The molecule has 0 aliphatic rings. The number of carbonyl (C=O) groups excluding carboxylic acids is 1. The van der Waals surface area contributed by atoms with Crippen molar-refractivity contribution in [3.63, 3.8) is 0 Å². The number of rotatable bonds is 6. The second kappa shape index (κ2) is 10.4. The van der Waals surface area contributed by atoms with E-state index < -0.39 is 6.09 Å². The first-order valence-corrected chi connectivity index (χ1v) is 5.44. The highest BCUT2D eigenvalue weighted by atomic mass is 127. The molecule has 0 bridgehead atoms. The highest BCUT2D eigenvalue weighted by Crippen LogP contribution is 2.05. The van der Waals surface area contributed by atoms with Crippen LogP contribution in [0.4, 0.5) is 4.79 Å². The maximum Gasteiger partial charge on any atom is 0.407 e. The van der Waals surface area contributed by atoms with Crippen LogP contribution >= 0.6 is 24.0 Å². The summed E-state index contributed by atoms with van der Waals surface area (Å²) in [5, 5.41) is 2.73. The molecule has 0 radical (unpaired) electrons. The second-order valence-electron chi connectivity index (χ2n) is 3.96. The SMILES string of the molecule is CCOC(=O)NC(CN=C(N)N)CC(C)C.I. The molecule has 0 rings (SSSR count). The Morgan fingerprint density at radius 1 is 1.41 bits per heavy atom. The van der Waals surface area contributed by atoms with E-state index in [0.29, 0.717) is 19.1 Å². The molecule has 0 spiro atoms. The normalized spacial score (nSPS) is 11.3. The van der Waals surface area contributed by atoms with Gasteiger partial charge in [-0.15, -0.1) is 24.0 Å². The predicted octanol–water partition coefficient (Wildman–Crippen LogP) is 1.04. The van der Waals surface area contributed by atoms with Crippen LogP contribution in [-0.4, -0.2) is 31.2 Å². The summed E-state index contributed by atoms with van der Waals surface area (Å²) in [5.41, 5.74) is 10.5. The lowest BCUT2D eigenvalue weighted by Crippen LogP contribution is -2.39. The molecule has 0 saturated heterocycles. The average molecular weight is 358 g/mol. The molecular weight excluding hydrogens is 335 g/mol. The number of hydrogen-bond acceptors (Lipinski definition) is 3. The summed E-state index contributed by atoms with van der Waals surface area (Å²) in [6.45, 7) is 6.61. The highest BCUT2D eigenvalue weighted by Gasteiger charge is 2.14. The number of amides is 1. The topological polar surface area (TPSA) is 103 Å². The van der Waals surface area contributed by atoms with Crippen LogP contribution in [0, 0.1) is 5.92 Å². The lowest BCUT2D eigenvalue weighted by Gasteiger charge is -2.18. The minimum atomic E-state index is -0.432. The van der Waals surface area contributed by atoms with Gasteiger partial charge in [0.15, 0.2) is 5.96 Å². The van der Waals surface area contributed by atoms with E-state index in [1.165, 1.54) is 0 Å². The summed E-state index contributed by atoms with van der Waals surface area (Å²) in [5.74, 6) is 0.473. The maximum atomic E-state index is 11.2. The smallest absolute Gasteiger partial charge is 0.407 e. The van der Waals surface area contributed by atoms with E-state index in [2.05, 4.69) is 24.2 Å². The molecule has 0 aliphatic heterocycles. The number of aliphatic imine (C=N–C) groups is 1. The first kappa shape index (κ1) is 18.6. The second-order valence-corrected chi connectivity index (χ2v) is 3.96. The first-order valence-electron chi connectivity index (χ1n) is 5.44. The van der Waals surface area contributed by atoms with Gasteiger partial charge in [-0.05, 0) is 19.3 Å². The number of guanidine groups is 1. The van der Waals surface area contributed by atoms with Crippen LogP contribution in [0.5, 0.6) is 0 Å². The van der Waals surface area contributed by atoms with Gasteiger partial charge < -0.3 is 21.5 Å². The largest absolute Gasteiger partial charge is 0.450 e. The van der Waals surface area contributed by atoms with Gasteiger partial charge in [-0.2, -0.15) is 0 Å². The van der Waals surface area contributed by atoms with Crippen LogP contribution in [0.2, 0.25) is 0 Å². The molecule has 17 heavy (non-hydrogen) atoms. The van der Waals surface area contributed by atoms with Gasteiger partial charge in [0.1, 0.15) is 0 Å². The van der Waals surface area contributed by atoms with Crippen molar-refractivity contribution in [2.24, 2.45) is 22.4 Å². The van der Waals surface area contributed by atoms with Crippen LogP contribution in [-0.2, 0) is 4.74 Å². The zero-order chi connectivity index (χ0) is 12.6. The molecule has 0 fully saturated rings. The molecule has 102 valence electrons. The Hall–Kier alpha value is -0.730. The molecule has 0 aromatic carbocycles. The third-order valence-corrected chi connectivity index (χ3v) is 1.85. The molecule has 1 unspecified atom stereocenters. The van der Waals surface area contributed by atoms with Crippen molar-refractivity contribution in [3.05, 3.63) is 0 Å². The zero-order valence-corrected chi connectivity index (χ0v) is 12.9. The molecular formula is C10H23IN4O2. The zero-order valence-electron chi connectivity index (χ0n) is 10.6. The molecule has 1 atom stereocenters. The van der Waals surface area contributed by atoms with Crippen molar-refractivity contribution >= 4 is 36.0 Å². The maximum absolute atomic E-state index is 11.2. The lowest BCUT2D eigenvalue weighted by atomic mass is 10.0. The van der Waals surface area contributed by atoms with Crippen molar-refractivity contribution in [3.8, 4) is 0 Å². The monoisotopic (exact) mass is 358 g/mol. The number of carbonyl (C=O) groups is 1. The Kier molecular flexibility index (Phi) is 11.4. The molecule has 0 heterocycles. The van der Waals surface area contributed by atoms with E-state index in [-0.39, 0.29) is 36.0 Å². The minimum absolute atomic E-state index is 0. The van der Waals surface area contributed by atoms with E-state index >= 15 is 0 Å². The third-order valence-electron chi connectivity index (χ3n) is 1.85. The van der Waals surface area contributed by atoms with Crippen LogP contribution in [0.15, 0.2) is 4.99 Å². The van der Waals surface area contributed by atoms with E-state index in [9.17, 15) is 4.79 Å². The number of alkyl carbamates (subject to hydrolysis) is 1. The Bertz CT molecular complexity index is 242. The standard InChI is InChI=1S/C10H22N4O2.HI/c1-4-16-10(15)14-8(5-7(2)3)6-13-9(11)12;/h7-8H,4-6H2,1-3H3,(H,14,15)(H4,11,12,13);1H. The lowest BCUT2D eigenvalue weighted by molar-refractivity contribution is 0.147. The summed E-state index contributed by atoms with van der Waals surface area (Å²) >= 11 is 0. The highest BCUT2D eigenvalue weighted by molar-refractivity contribution is 14.0. The van der Waals surface area contributed by atoms with E-state index in [0.717, 1.165) is 6.42 Å². The molecule has 0 saturated carbocycles. The van der Waals surface area contributed by atoms with Crippen molar-refractivity contribution in [1.29, 1.82) is 0 Å². The molecule has 0 aliphatic carbocycles. The van der Waals surface area contributed by atoms with Gasteiger partial charge in [0.05, 0.1) is 19.2 Å². The summed E-state index contributed by atoms with van der Waals surface area (Å²) in [7, 11) is 0. The van der Waals surface area contributed by atoms with E-state index in [1.807, 2.05) is 0 Å². The van der Waals surface area contributed by atoms with Crippen LogP contribution < -0.4 is 16.8 Å². The summed E-state index contributed by atoms with van der Waals surface area (Å²) in [4.78, 5) is 15.1. The van der Waals surface area contributed by atoms with Gasteiger partial charge in [0.2, 0.25) is 0 Å². The molecule has 5 N–H and O–H groups in total. The number of nitrogens with zero attached hydrogens (tertiary/aromatic N) is 1. The quantitative estimate of drug-likeness (QED) is 0.375. The number of nitrogens with two attached hydrogens (primary N) is 2. The Morgan fingerprint density at radius 3 is 2.41 bits per heavy atom. The van der Waals surface area contributed by atoms with Crippen molar-refractivity contribution in [2.75, 3.05) is 13.2 Å². The number of hydrogen-bond donors (Lipinski definition) is 3. The van der Waals surface area contributed by atoms with Crippen molar-refractivity contribution in [1.82, 2.24) is 5.32 Å².